The van der Waals surface area contributed by atoms with Gasteiger partial charge in [-0.25, -0.2) is 0 Å². The Morgan fingerprint density at radius 2 is 2.25 bits per heavy atom. The van der Waals surface area contributed by atoms with Crippen molar-refractivity contribution in [2.24, 2.45) is 11.1 Å². The zero-order valence-corrected chi connectivity index (χ0v) is 9.63. The minimum absolute atomic E-state index is 0.0601. The lowest BCUT2D eigenvalue weighted by atomic mass is 9.76. The number of fused-ring (bicyclic) bond motifs is 1. The molecule has 16 heavy (non-hydrogen) atoms. The minimum atomic E-state index is -0.162. The van der Waals surface area contributed by atoms with E-state index in [0.29, 0.717) is 12.8 Å². The van der Waals surface area contributed by atoms with E-state index in [1.165, 1.54) is 0 Å². The molecule has 0 radical (unpaired) electrons. The average Bonchev–Trinajstić information content (AvgIpc) is 2.14. The van der Waals surface area contributed by atoms with Crippen molar-refractivity contribution in [3.63, 3.8) is 0 Å². The maximum atomic E-state index is 11.6. The summed E-state index contributed by atoms with van der Waals surface area (Å²) >= 11 is 0. The second kappa shape index (κ2) is 3.69. The summed E-state index contributed by atoms with van der Waals surface area (Å²) in [7, 11) is 0. The first kappa shape index (κ1) is 10.8. The summed E-state index contributed by atoms with van der Waals surface area (Å²) in [5.41, 5.74) is 11.5. The van der Waals surface area contributed by atoms with Gasteiger partial charge < -0.3 is 11.1 Å². The molecule has 2 aliphatic rings. The third kappa shape index (κ3) is 1.95. The number of hydrogen-bond acceptors (Lipinski definition) is 2. The first-order chi connectivity index (χ1) is 7.49. The normalized spacial score (nSPS) is 23.1. The molecule has 0 unspecified atom stereocenters. The van der Waals surface area contributed by atoms with Gasteiger partial charge in [-0.1, -0.05) is 19.9 Å². The van der Waals surface area contributed by atoms with E-state index in [1.54, 1.807) is 0 Å². The van der Waals surface area contributed by atoms with Crippen LogP contribution >= 0.6 is 0 Å². The molecule has 1 amide bonds. The van der Waals surface area contributed by atoms with Crippen LogP contribution < -0.4 is 11.1 Å². The number of carbonyl (C=O) groups excluding carboxylic acids is 1. The number of nitrogens with two attached hydrogens (primary N) is 1. The Balaban J connectivity index is 2.52. The Kier molecular flexibility index (Phi) is 2.49. The molecule has 84 valence electrons. The van der Waals surface area contributed by atoms with Crippen LogP contribution in [0.1, 0.15) is 26.7 Å². The third-order valence-corrected chi connectivity index (χ3v) is 2.89. The molecule has 1 saturated heterocycles. The highest BCUT2D eigenvalue weighted by Crippen LogP contribution is 2.37. The van der Waals surface area contributed by atoms with Gasteiger partial charge in [0.05, 0.1) is 0 Å². The van der Waals surface area contributed by atoms with Gasteiger partial charge >= 0.3 is 0 Å². The first-order valence-electron chi connectivity index (χ1n) is 5.41. The Bertz CT molecular complexity index is 460. The fraction of sp³-hybridized carbons (Fsp3) is 0.385. The van der Waals surface area contributed by atoms with E-state index in [1.807, 2.05) is 18.2 Å². The largest absolute Gasteiger partial charge is 0.402 e. The van der Waals surface area contributed by atoms with Crippen LogP contribution in [0.3, 0.4) is 0 Å². The molecule has 1 aliphatic heterocycles. The van der Waals surface area contributed by atoms with E-state index in [9.17, 15) is 4.79 Å². The van der Waals surface area contributed by atoms with Crippen molar-refractivity contribution in [1.82, 2.24) is 5.32 Å². The second-order valence-electron chi connectivity index (χ2n) is 4.86. The maximum absolute atomic E-state index is 11.6. The van der Waals surface area contributed by atoms with Crippen molar-refractivity contribution in [2.75, 3.05) is 0 Å². The van der Waals surface area contributed by atoms with E-state index in [0.717, 1.165) is 17.0 Å². The van der Waals surface area contributed by atoms with Crippen molar-refractivity contribution >= 4 is 5.91 Å². The predicted octanol–water partition coefficient (Wildman–Crippen LogP) is 1.74. The Morgan fingerprint density at radius 3 is 3.00 bits per heavy atom. The van der Waals surface area contributed by atoms with E-state index < -0.39 is 0 Å². The molecule has 3 nitrogen and oxygen atoms in total. The van der Waals surface area contributed by atoms with Gasteiger partial charge in [-0.3, -0.25) is 4.79 Å². The van der Waals surface area contributed by atoms with Crippen molar-refractivity contribution in [3.05, 3.63) is 40.9 Å². The molecule has 0 aromatic rings. The molecule has 0 saturated carbocycles. The number of amides is 1. The molecule has 1 fully saturated rings. The lowest BCUT2D eigenvalue weighted by molar-refractivity contribution is -0.122. The van der Waals surface area contributed by atoms with E-state index in [4.69, 9.17) is 5.73 Å². The summed E-state index contributed by atoms with van der Waals surface area (Å²) in [6.07, 6.45) is 6.80. The summed E-state index contributed by atoms with van der Waals surface area (Å²) in [6, 6.07) is 0. The van der Waals surface area contributed by atoms with Gasteiger partial charge in [-0.2, -0.15) is 0 Å². The number of hydrogen-bond donors (Lipinski definition) is 2. The molecule has 0 bridgehead atoms. The van der Waals surface area contributed by atoms with Crippen LogP contribution in [-0.4, -0.2) is 5.91 Å². The molecule has 0 aromatic heterocycles. The van der Waals surface area contributed by atoms with Gasteiger partial charge in [0, 0.05) is 35.2 Å². The summed E-state index contributed by atoms with van der Waals surface area (Å²) < 4.78 is 0. The molecular weight excluding hydrogens is 200 g/mol. The molecule has 2 rings (SSSR count). The van der Waals surface area contributed by atoms with E-state index in [2.05, 4.69) is 24.9 Å². The Morgan fingerprint density at radius 1 is 1.50 bits per heavy atom. The fourth-order valence-electron chi connectivity index (χ4n) is 2.06. The quantitative estimate of drug-likeness (QED) is 0.606. The number of carbonyl (C=O) groups is 1. The van der Waals surface area contributed by atoms with Crippen LogP contribution in [0.5, 0.6) is 0 Å². The van der Waals surface area contributed by atoms with Crippen LogP contribution in [0, 0.1) is 5.41 Å². The average molecular weight is 216 g/mol. The molecule has 1 heterocycles. The first-order valence-corrected chi connectivity index (χ1v) is 5.41. The molecule has 0 atom stereocenters. The highest BCUT2D eigenvalue weighted by molar-refractivity contribution is 5.82. The molecule has 3 N–H and O–H groups in total. The summed E-state index contributed by atoms with van der Waals surface area (Å²) in [5, 5.41) is 2.88. The van der Waals surface area contributed by atoms with Gasteiger partial charge in [0.2, 0.25) is 5.91 Å². The zero-order chi connectivity index (χ0) is 11.8. The smallest absolute Gasteiger partial charge is 0.225 e. The predicted molar refractivity (Wildman–Crippen MR) is 63.1 cm³/mol. The van der Waals surface area contributed by atoms with Crippen LogP contribution in [0.4, 0.5) is 0 Å². The lowest BCUT2D eigenvalue weighted by Crippen LogP contribution is -2.38. The van der Waals surface area contributed by atoms with Gasteiger partial charge in [0.25, 0.3) is 0 Å². The van der Waals surface area contributed by atoms with E-state index >= 15 is 0 Å². The van der Waals surface area contributed by atoms with Gasteiger partial charge in [-0.15, -0.1) is 5.73 Å². The SMILES string of the molecule is CC1(C)CC(=O)NC2=CCC(N)=CC=C=C21. The second-order valence-corrected chi connectivity index (χ2v) is 4.86. The molecule has 1 aliphatic carbocycles. The van der Waals surface area contributed by atoms with Crippen molar-refractivity contribution in [2.45, 2.75) is 26.7 Å². The molecule has 3 heteroatoms. The topological polar surface area (TPSA) is 55.1 Å². The van der Waals surface area contributed by atoms with Crippen LogP contribution in [0.2, 0.25) is 0 Å². The van der Waals surface area contributed by atoms with Gasteiger partial charge in [0.15, 0.2) is 0 Å². The Hall–Kier alpha value is -1.73. The summed E-state index contributed by atoms with van der Waals surface area (Å²) in [4.78, 5) is 11.6. The number of allylic oxidation sites excluding steroid dienone is 3. The van der Waals surface area contributed by atoms with E-state index in [-0.39, 0.29) is 11.3 Å². The highest BCUT2D eigenvalue weighted by Gasteiger charge is 2.34. The minimum Gasteiger partial charge on any atom is -0.402 e. The van der Waals surface area contributed by atoms with Gasteiger partial charge in [0.1, 0.15) is 0 Å². The van der Waals surface area contributed by atoms with Crippen molar-refractivity contribution in [3.8, 4) is 0 Å². The number of nitrogens with one attached hydrogen (secondary N) is 1. The van der Waals surface area contributed by atoms with Crippen LogP contribution in [0.15, 0.2) is 40.9 Å². The van der Waals surface area contributed by atoms with Crippen LogP contribution in [-0.2, 0) is 4.79 Å². The maximum Gasteiger partial charge on any atom is 0.225 e. The summed E-state index contributed by atoms with van der Waals surface area (Å²) in [5.74, 6) is 0.0601. The number of rotatable bonds is 0. The Labute approximate surface area is 95.4 Å². The number of piperidine rings is 1. The highest BCUT2D eigenvalue weighted by atomic mass is 16.1. The molecule has 0 spiro atoms. The zero-order valence-electron chi connectivity index (χ0n) is 9.63. The monoisotopic (exact) mass is 216 g/mol. The summed E-state index contributed by atoms with van der Waals surface area (Å²) in [6.45, 7) is 4.12. The standard InChI is InChI=1S/C13H16N2O/c1-13(2)8-12(16)15-11-7-6-9(14)4-3-5-10(11)13/h3-4,7H,6,8,14H2,1-2H3,(H,15,16). The van der Waals surface area contributed by atoms with Crippen molar-refractivity contribution in [1.29, 1.82) is 0 Å². The van der Waals surface area contributed by atoms with Crippen molar-refractivity contribution < 1.29 is 4.79 Å². The fourth-order valence-corrected chi connectivity index (χ4v) is 2.06. The molecular formula is C13H16N2O. The van der Waals surface area contributed by atoms with Crippen LogP contribution in [0.25, 0.3) is 0 Å². The van der Waals surface area contributed by atoms with Gasteiger partial charge in [-0.05, 0) is 12.2 Å². The third-order valence-electron chi connectivity index (χ3n) is 2.89. The molecule has 0 aromatic carbocycles. The lowest BCUT2D eigenvalue weighted by Gasteiger charge is -2.33.